The zero-order valence-electron chi connectivity index (χ0n) is 10.2. The van der Waals surface area contributed by atoms with Crippen molar-refractivity contribution in [3.63, 3.8) is 0 Å². The summed E-state index contributed by atoms with van der Waals surface area (Å²) in [4.78, 5) is 30.9. The van der Waals surface area contributed by atoms with Gasteiger partial charge in [-0.15, -0.1) is 0 Å². The van der Waals surface area contributed by atoms with E-state index in [2.05, 4.69) is 0 Å². The highest BCUT2D eigenvalue weighted by molar-refractivity contribution is 7.38. The topological polar surface area (TPSA) is 101 Å². The monoisotopic (exact) mass is 266 g/mol. The largest absolute Gasteiger partial charge is 0.481 e. The van der Waals surface area contributed by atoms with Crippen LogP contribution in [-0.4, -0.2) is 33.7 Å². The molecule has 0 aliphatic rings. The number of hydrogen-bond acceptors (Lipinski definition) is 4. The van der Waals surface area contributed by atoms with Gasteiger partial charge in [0.25, 0.3) is 0 Å². The number of carbonyl (C=O) groups is 2. The Kier molecular flexibility index (Phi) is 6.42. The van der Waals surface area contributed by atoms with Crippen LogP contribution in [0, 0.1) is 5.92 Å². The van der Waals surface area contributed by atoms with E-state index in [0.29, 0.717) is 0 Å². The molecule has 7 heteroatoms. The molecule has 0 bridgehead atoms. The molecular formula is C10H19O6P. The summed E-state index contributed by atoms with van der Waals surface area (Å²) in [6, 6.07) is 0. The summed E-state index contributed by atoms with van der Waals surface area (Å²) in [5.41, 5.74) is -0.691. The number of carboxylic acid groups (broad SMARTS) is 1. The lowest BCUT2D eigenvalue weighted by Crippen LogP contribution is -2.30. The third-order valence-corrected chi connectivity index (χ3v) is 2.71. The van der Waals surface area contributed by atoms with Gasteiger partial charge in [0.1, 0.15) is 5.60 Å². The highest BCUT2D eigenvalue weighted by Crippen LogP contribution is 2.24. The summed E-state index contributed by atoms with van der Waals surface area (Å²) in [5.74, 6) is -2.50. The Labute approximate surface area is 101 Å². The minimum atomic E-state index is -2.82. The number of carboxylic acids is 1. The minimum absolute atomic E-state index is 0.0151. The highest BCUT2D eigenvalue weighted by Gasteiger charge is 2.26. The second-order valence-electron chi connectivity index (χ2n) is 4.76. The van der Waals surface area contributed by atoms with Gasteiger partial charge < -0.3 is 14.7 Å². The van der Waals surface area contributed by atoms with Crippen molar-refractivity contribution < 1.29 is 28.9 Å². The Morgan fingerprint density at radius 3 is 2.24 bits per heavy atom. The first-order chi connectivity index (χ1) is 7.61. The first-order valence-electron chi connectivity index (χ1n) is 5.28. The average Bonchev–Trinajstić information content (AvgIpc) is 2.08. The van der Waals surface area contributed by atoms with E-state index in [4.69, 9.17) is 14.7 Å². The third kappa shape index (κ3) is 8.89. The molecule has 0 saturated carbocycles. The van der Waals surface area contributed by atoms with E-state index >= 15 is 0 Å². The van der Waals surface area contributed by atoms with Crippen LogP contribution >= 0.6 is 8.03 Å². The van der Waals surface area contributed by atoms with Crippen LogP contribution in [0.25, 0.3) is 0 Å². The lowest BCUT2D eigenvalue weighted by molar-refractivity contribution is -0.159. The van der Waals surface area contributed by atoms with Crippen molar-refractivity contribution in [3.8, 4) is 0 Å². The summed E-state index contributed by atoms with van der Waals surface area (Å²) in [5, 5.41) is 8.53. The van der Waals surface area contributed by atoms with Gasteiger partial charge in [-0.1, -0.05) is 0 Å². The summed E-state index contributed by atoms with van der Waals surface area (Å²) in [6.07, 6.45) is -0.437. The van der Waals surface area contributed by atoms with Crippen LogP contribution in [0.4, 0.5) is 0 Å². The highest BCUT2D eigenvalue weighted by atomic mass is 31.1. The maximum Gasteiger partial charge on any atom is 0.310 e. The first kappa shape index (κ1) is 16.1. The van der Waals surface area contributed by atoms with Crippen molar-refractivity contribution in [2.45, 2.75) is 39.2 Å². The fourth-order valence-corrected chi connectivity index (χ4v) is 1.99. The van der Waals surface area contributed by atoms with Crippen LogP contribution in [0.1, 0.15) is 33.6 Å². The van der Waals surface area contributed by atoms with Crippen molar-refractivity contribution in [1.82, 2.24) is 0 Å². The normalized spacial score (nSPS) is 15.1. The van der Waals surface area contributed by atoms with Gasteiger partial charge in [-0.25, -0.2) is 0 Å². The maximum absolute atomic E-state index is 11.7. The molecule has 0 aromatic carbocycles. The van der Waals surface area contributed by atoms with Crippen molar-refractivity contribution in [2.24, 2.45) is 5.92 Å². The minimum Gasteiger partial charge on any atom is -0.481 e. The molecule has 17 heavy (non-hydrogen) atoms. The van der Waals surface area contributed by atoms with Crippen molar-refractivity contribution in [3.05, 3.63) is 0 Å². The number of carbonyl (C=O) groups excluding carboxylic acids is 1. The molecule has 2 N–H and O–H groups in total. The molecule has 0 aliphatic carbocycles. The molecule has 2 unspecified atom stereocenters. The summed E-state index contributed by atoms with van der Waals surface area (Å²) in [6.45, 7) is 5.05. The number of ether oxygens (including phenoxy) is 1. The van der Waals surface area contributed by atoms with E-state index in [0.717, 1.165) is 0 Å². The van der Waals surface area contributed by atoms with Gasteiger partial charge >= 0.3 is 11.9 Å². The second-order valence-corrected chi connectivity index (χ2v) is 5.96. The molecule has 0 fully saturated rings. The average molecular weight is 266 g/mol. The molecule has 0 rings (SSSR count). The molecule has 0 aromatic rings. The van der Waals surface area contributed by atoms with Gasteiger partial charge in [0.2, 0.25) is 0 Å². The molecule has 0 aliphatic heterocycles. The Morgan fingerprint density at radius 1 is 1.35 bits per heavy atom. The SMILES string of the molecule is CC(C)(C)OC(=O)C(CCC(=O)O)C[PH](=O)O. The molecule has 0 heterocycles. The van der Waals surface area contributed by atoms with Gasteiger partial charge in [0, 0.05) is 12.6 Å². The molecule has 0 spiro atoms. The van der Waals surface area contributed by atoms with E-state index in [-0.39, 0.29) is 19.0 Å². The predicted octanol–water partition coefficient (Wildman–Crippen LogP) is 1.28. The van der Waals surface area contributed by atoms with Crippen molar-refractivity contribution in [2.75, 3.05) is 6.16 Å². The predicted molar refractivity (Wildman–Crippen MR) is 62.3 cm³/mol. The van der Waals surface area contributed by atoms with Crippen LogP contribution in [0.5, 0.6) is 0 Å². The van der Waals surface area contributed by atoms with Gasteiger partial charge in [-0.3, -0.25) is 14.2 Å². The third-order valence-electron chi connectivity index (χ3n) is 1.87. The number of rotatable bonds is 6. The van der Waals surface area contributed by atoms with Gasteiger partial charge in [0.15, 0.2) is 8.03 Å². The molecular weight excluding hydrogens is 247 g/mol. The molecule has 0 radical (unpaired) electrons. The molecule has 0 aromatic heterocycles. The lowest BCUT2D eigenvalue weighted by atomic mass is 10.1. The van der Waals surface area contributed by atoms with Crippen LogP contribution in [0.15, 0.2) is 0 Å². The van der Waals surface area contributed by atoms with Crippen LogP contribution in [0.3, 0.4) is 0 Å². The van der Waals surface area contributed by atoms with Crippen LogP contribution in [0.2, 0.25) is 0 Å². The first-order valence-corrected chi connectivity index (χ1v) is 6.84. The summed E-state index contributed by atoms with van der Waals surface area (Å²) < 4.78 is 15.8. The molecule has 6 nitrogen and oxygen atoms in total. The molecule has 0 saturated heterocycles. The zero-order valence-corrected chi connectivity index (χ0v) is 11.2. The zero-order chi connectivity index (χ0) is 13.6. The van der Waals surface area contributed by atoms with E-state index in [1.54, 1.807) is 20.8 Å². The molecule has 2 atom stereocenters. The standard InChI is InChI=1S/C10H19O6P/c1-10(2,3)16-9(13)7(6-17(14)15)4-5-8(11)12/h7,17H,4-6H2,1-3H3,(H,11,12)(H,14,15). The number of hydrogen-bond donors (Lipinski definition) is 2. The maximum atomic E-state index is 11.7. The second kappa shape index (κ2) is 6.77. The molecule has 100 valence electrons. The Balaban J connectivity index is 4.50. The van der Waals surface area contributed by atoms with Crippen molar-refractivity contribution >= 4 is 20.0 Å². The van der Waals surface area contributed by atoms with E-state index in [1.165, 1.54) is 0 Å². The Morgan fingerprint density at radius 2 is 1.88 bits per heavy atom. The van der Waals surface area contributed by atoms with Crippen molar-refractivity contribution in [1.29, 1.82) is 0 Å². The van der Waals surface area contributed by atoms with E-state index in [9.17, 15) is 14.2 Å². The Hall–Kier alpha value is -0.870. The van der Waals surface area contributed by atoms with Gasteiger partial charge in [-0.05, 0) is 27.2 Å². The Bertz CT molecular complexity index is 306. The van der Waals surface area contributed by atoms with Crippen LogP contribution in [-0.2, 0) is 18.9 Å². The van der Waals surface area contributed by atoms with Crippen LogP contribution < -0.4 is 0 Å². The fourth-order valence-electron chi connectivity index (χ4n) is 1.20. The lowest BCUT2D eigenvalue weighted by Gasteiger charge is -2.23. The number of aliphatic carboxylic acids is 1. The fraction of sp³-hybridized carbons (Fsp3) is 0.800. The summed E-state index contributed by atoms with van der Waals surface area (Å²) in [7, 11) is -2.82. The quantitative estimate of drug-likeness (QED) is 0.554. The smallest absolute Gasteiger partial charge is 0.310 e. The van der Waals surface area contributed by atoms with E-state index in [1.807, 2.05) is 0 Å². The summed E-state index contributed by atoms with van der Waals surface area (Å²) >= 11 is 0. The molecule has 0 amide bonds. The van der Waals surface area contributed by atoms with Gasteiger partial charge in [0.05, 0.1) is 5.92 Å². The number of esters is 1. The van der Waals surface area contributed by atoms with Gasteiger partial charge in [-0.2, -0.15) is 0 Å². The van der Waals surface area contributed by atoms with E-state index < -0.39 is 31.5 Å².